The van der Waals surface area contributed by atoms with E-state index in [1.54, 1.807) is 4.90 Å². The highest BCUT2D eigenvalue weighted by molar-refractivity contribution is 5.82. The summed E-state index contributed by atoms with van der Waals surface area (Å²) >= 11 is 0. The van der Waals surface area contributed by atoms with Gasteiger partial charge in [-0.3, -0.25) is 4.79 Å². The van der Waals surface area contributed by atoms with Crippen LogP contribution in [0.15, 0.2) is 42.1 Å². The first-order valence-electron chi connectivity index (χ1n) is 8.14. The molecule has 3 heteroatoms. The van der Waals surface area contributed by atoms with Crippen molar-refractivity contribution in [3.05, 3.63) is 47.8 Å². The molecule has 1 aliphatic heterocycles. The Bertz CT molecular complexity index is 817. The quantitative estimate of drug-likeness (QED) is 0.625. The third-order valence-corrected chi connectivity index (χ3v) is 4.40. The standard InChI is InChI=1S/C20H22N2O/c1-21-15-16(12-13-20(21)23)8-4-3-5-10-18-14-17-9-6-7-11-19(17)22(18)2/h6-7,9,11,14-15H,3-4,8,12-13H2,1-2H3. The fraction of sp³-hybridized carbons (Fsp3) is 0.350. The smallest absolute Gasteiger partial charge is 0.226 e. The molecule has 0 spiro atoms. The number of rotatable bonds is 3. The lowest BCUT2D eigenvalue weighted by Crippen LogP contribution is -2.24. The van der Waals surface area contributed by atoms with Gasteiger partial charge in [0, 0.05) is 44.0 Å². The summed E-state index contributed by atoms with van der Waals surface area (Å²) in [6.07, 6.45) is 6.50. The van der Waals surface area contributed by atoms with Crippen LogP contribution < -0.4 is 0 Å². The van der Waals surface area contributed by atoms with Gasteiger partial charge in [-0.05, 0) is 37.3 Å². The lowest BCUT2D eigenvalue weighted by atomic mass is 10.0. The van der Waals surface area contributed by atoms with Crippen LogP contribution in [0.3, 0.4) is 0 Å². The van der Waals surface area contributed by atoms with Crippen molar-refractivity contribution in [2.24, 2.45) is 7.05 Å². The molecule has 1 amide bonds. The Morgan fingerprint density at radius 2 is 2.00 bits per heavy atom. The van der Waals surface area contributed by atoms with E-state index in [1.807, 2.05) is 13.2 Å². The first-order chi connectivity index (χ1) is 11.1. The van der Waals surface area contributed by atoms with Crippen molar-refractivity contribution < 1.29 is 4.79 Å². The minimum absolute atomic E-state index is 0.212. The third-order valence-electron chi connectivity index (χ3n) is 4.40. The van der Waals surface area contributed by atoms with Gasteiger partial charge in [0.25, 0.3) is 0 Å². The van der Waals surface area contributed by atoms with E-state index >= 15 is 0 Å². The molecule has 23 heavy (non-hydrogen) atoms. The molecule has 0 unspecified atom stereocenters. The van der Waals surface area contributed by atoms with Gasteiger partial charge in [-0.1, -0.05) is 29.7 Å². The number of unbranched alkanes of at least 4 members (excludes halogenated alkanes) is 1. The minimum atomic E-state index is 0.212. The Morgan fingerprint density at radius 3 is 2.78 bits per heavy atom. The molecule has 1 aromatic carbocycles. The average molecular weight is 306 g/mol. The van der Waals surface area contributed by atoms with Crippen LogP contribution >= 0.6 is 0 Å². The van der Waals surface area contributed by atoms with E-state index in [1.165, 1.54) is 16.5 Å². The van der Waals surface area contributed by atoms with E-state index in [-0.39, 0.29) is 5.91 Å². The van der Waals surface area contributed by atoms with Crippen LogP contribution in [0.25, 0.3) is 10.9 Å². The maximum absolute atomic E-state index is 11.4. The van der Waals surface area contributed by atoms with Gasteiger partial charge < -0.3 is 9.47 Å². The number of hydrogen-bond acceptors (Lipinski definition) is 1. The van der Waals surface area contributed by atoms with Crippen molar-refractivity contribution in [3.8, 4) is 11.8 Å². The van der Waals surface area contributed by atoms with Crippen LogP contribution in [0.1, 0.15) is 37.8 Å². The number of fused-ring (bicyclic) bond motifs is 1. The number of hydrogen-bond donors (Lipinski definition) is 0. The summed E-state index contributed by atoms with van der Waals surface area (Å²) in [6, 6.07) is 10.5. The average Bonchev–Trinajstić information content (AvgIpc) is 2.87. The molecule has 0 atom stereocenters. The molecule has 118 valence electrons. The summed E-state index contributed by atoms with van der Waals surface area (Å²) in [6.45, 7) is 0. The van der Waals surface area contributed by atoms with Crippen LogP contribution in [0.2, 0.25) is 0 Å². The van der Waals surface area contributed by atoms with Crippen LogP contribution in [-0.4, -0.2) is 22.4 Å². The van der Waals surface area contributed by atoms with E-state index in [0.29, 0.717) is 6.42 Å². The summed E-state index contributed by atoms with van der Waals surface area (Å²) in [5.74, 6) is 6.78. The highest BCUT2D eigenvalue weighted by Gasteiger charge is 2.14. The van der Waals surface area contributed by atoms with Gasteiger partial charge in [-0.25, -0.2) is 0 Å². The summed E-state index contributed by atoms with van der Waals surface area (Å²) < 4.78 is 2.15. The van der Waals surface area contributed by atoms with Gasteiger partial charge in [0.1, 0.15) is 0 Å². The highest BCUT2D eigenvalue weighted by atomic mass is 16.2. The van der Waals surface area contributed by atoms with Gasteiger partial charge in [-0.15, -0.1) is 0 Å². The number of allylic oxidation sites excluding steroid dienone is 1. The minimum Gasteiger partial charge on any atom is -0.337 e. The van der Waals surface area contributed by atoms with E-state index < -0.39 is 0 Å². The second-order valence-electron chi connectivity index (χ2n) is 6.09. The molecule has 0 saturated heterocycles. The first kappa shape index (κ1) is 15.4. The molecule has 0 radical (unpaired) electrons. The van der Waals surface area contributed by atoms with Crippen molar-refractivity contribution in [2.75, 3.05) is 7.05 Å². The van der Waals surface area contributed by atoms with Crippen LogP contribution in [0.5, 0.6) is 0 Å². The van der Waals surface area contributed by atoms with Gasteiger partial charge in [0.05, 0.1) is 5.69 Å². The van der Waals surface area contributed by atoms with Crippen molar-refractivity contribution in [3.63, 3.8) is 0 Å². The van der Waals surface area contributed by atoms with E-state index in [0.717, 1.165) is 31.4 Å². The second-order valence-corrected chi connectivity index (χ2v) is 6.09. The normalized spacial score (nSPS) is 14.6. The lowest BCUT2D eigenvalue weighted by molar-refractivity contribution is -0.128. The number of aromatic nitrogens is 1. The predicted molar refractivity (Wildman–Crippen MR) is 93.7 cm³/mol. The van der Waals surface area contributed by atoms with Crippen molar-refractivity contribution in [2.45, 2.75) is 32.1 Å². The number of para-hydroxylation sites is 1. The van der Waals surface area contributed by atoms with Crippen molar-refractivity contribution in [1.29, 1.82) is 0 Å². The molecular formula is C20H22N2O. The van der Waals surface area contributed by atoms with Gasteiger partial charge in [0.2, 0.25) is 5.91 Å². The topological polar surface area (TPSA) is 25.2 Å². The Morgan fingerprint density at radius 1 is 1.17 bits per heavy atom. The molecule has 0 fully saturated rings. The Hall–Kier alpha value is -2.47. The maximum atomic E-state index is 11.4. The number of carbonyl (C=O) groups excluding carboxylic acids is 1. The monoisotopic (exact) mass is 306 g/mol. The highest BCUT2D eigenvalue weighted by Crippen LogP contribution is 2.20. The van der Waals surface area contributed by atoms with E-state index in [4.69, 9.17) is 0 Å². The molecular weight excluding hydrogens is 284 g/mol. The zero-order valence-corrected chi connectivity index (χ0v) is 13.8. The molecule has 2 aromatic rings. The van der Waals surface area contributed by atoms with Gasteiger partial charge in [0.15, 0.2) is 0 Å². The molecule has 3 rings (SSSR count). The maximum Gasteiger partial charge on any atom is 0.226 e. The zero-order chi connectivity index (χ0) is 16.2. The molecule has 0 N–H and O–H groups in total. The number of benzene rings is 1. The van der Waals surface area contributed by atoms with E-state index in [9.17, 15) is 4.79 Å². The van der Waals surface area contributed by atoms with Gasteiger partial charge in [-0.2, -0.15) is 0 Å². The van der Waals surface area contributed by atoms with Crippen LogP contribution in [-0.2, 0) is 11.8 Å². The summed E-state index contributed by atoms with van der Waals surface area (Å²) in [5.41, 5.74) is 3.64. The zero-order valence-electron chi connectivity index (χ0n) is 13.8. The van der Waals surface area contributed by atoms with Crippen molar-refractivity contribution in [1.82, 2.24) is 9.47 Å². The predicted octanol–water partition coefficient (Wildman–Crippen LogP) is 3.84. The first-order valence-corrected chi connectivity index (χ1v) is 8.14. The van der Waals surface area contributed by atoms with Gasteiger partial charge >= 0.3 is 0 Å². The van der Waals surface area contributed by atoms with E-state index in [2.05, 4.69) is 53.8 Å². The molecule has 0 saturated carbocycles. The number of carbonyl (C=O) groups is 1. The SMILES string of the molecule is CN1C=C(CCCC#Cc2cc3ccccc3n2C)CCC1=O. The Kier molecular flexibility index (Phi) is 4.52. The van der Waals surface area contributed by atoms with Crippen LogP contribution in [0, 0.1) is 11.8 Å². The molecule has 1 aromatic heterocycles. The Labute approximate surface area is 137 Å². The number of aryl methyl sites for hydroxylation is 1. The molecule has 3 nitrogen and oxygen atoms in total. The van der Waals surface area contributed by atoms with Crippen LogP contribution in [0.4, 0.5) is 0 Å². The molecule has 2 heterocycles. The summed E-state index contributed by atoms with van der Waals surface area (Å²) in [7, 11) is 3.90. The largest absolute Gasteiger partial charge is 0.337 e. The third kappa shape index (κ3) is 3.48. The molecule has 0 bridgehead atoms. The Balaban J connectivity index is 1.57. The number of amides is 1. The second kappa shape index (κ2) is 6.75. The summed E-state index contributed by atoms with van der Waals surface area (Å²) in [5, 5.41) is 1.24. The molecule has 1 aliphatic rings. The summed E-state index contributed by atoms with van der Waals surface area (Å²) in [4.78, 5) is 13.1. The fourth-order valence-electron chi connectivity index (χ4n) is 3.01. The number of nitrogens with zero attached hydrogens (tertiary/aromatic N) is 2. The van der Waals surface area contributed by atoms with Crippen molar-refractivity contribution >= 4 is 16.8 Å². The molecule has 0 aliphatic carbocycles. The fourth-order valence-corrected chi connectivity index (χ4v) is 3.01. The lowest BCUT2D eigenvalue weighted by Gasteiger charge is -2.20.